The summed E-state index contributed by atoms with van der Waals surface area (Å²) in [5.41, 5.74) is 0.497. The van der Waals surface area contributed by atoms with E-state index in [2.05, 4.69) is 21.2 Å². The predicted octanol–water partition coefficient (Wildman–Crippen LogP) is 3.71. The van der Waals surface area contributed by atoms with E-state index in [1.54, 1.807) is 24.3 Å². The molecule has 0 aromatic heterocycles. The predicted molar refractivity (Wildman–Crippen MR) is 87.7 cm³/mol. The van der Waals surface area contributed by atoms with Gasteiger partial charge in [0.05, 0.1) is 10.6 Å². The molecule has 0 spiro atoms. The topological polar surface area (TPSA) is 55.4 Å². The molecule has 0 saturated heterocycles. The standard InChI is InChI=1S/C16H12BrClFNO3/c17-12-5-2-1-4-10(12)16(22)20-8-15(21)23-9-11-13(18)6-3-7-14(11)19/h1-7H,8-9H2,(H,20,22). The second-order valence-corrected chi connectivity index (χ2v) is 5.78. The second-order valence-electron chi connectivity index (χ2n) is 4.52. The van der Waals surface area contributed by atoms with Gasteiger partial charge in [-0.1, -0.05) is 29.8 Å². The van der Waals surface area contributed by atoms with Crippen LogP contribution in [0.4, 0.5) is 4.39 Å². The third-order valence-electron chi connectivity index (χ3n) is 2.95. The lowest BCUT2D eigenvalue weighted by Crippen LogP contribution is -2.30. The van der Waals surface area contributed by atoms with Crippen LogP contribution in [-0.4, -0.2) is 18.4 Å². The minimum absolute atomic E-state index is 0.0969. The third-order valence-corrected chi connectivity index (χ3v) is 4.00. The molecule has 7 heteroatoms. The molecule has 0 aliphatic rings. The van der Waals surface area contributed by atoms with Gasteiger partial charge < -0.3 is 10.1 Å². The highest BCUT2D eigenvalue weighted by atomic mass is 79.9. The summed E-state index contributed by atoms with van der Waals surface area (Å²) >= 11 is 9.08. The third kappa shape index (κ3) is 4.77. The van der Waals surface area contributed by atoms with Gasteiger partial charge in [0.2, 0.25) is 0 Å². The van der Waals surface area contributed by atoms with Crippen LogP contribution in [-0.2, 0) is 16.1 Å². The van der Waals surface area contributed by atoms with Crippen molar-refractivity contribution in [3.63, 3.8) is 0 Å². The normalized spacial score (nSPS) is 10.2. The molecule has 0 heterocycles. The van der Waals surface area contributed by atoms with E-state index >= 15 is 0 Å². The zero-order valence-corrected chi connectivity index (χ0v) is 14.2. The molecule has 2 aromatic rings. The van der Waals surface area contributed by atoms with Gasteiger partial charge in [0.1, 0.15) is 19.0 Å². The maximum absolute atomic E-state index is 13.5. The molecule has 0 aliphatic carbocycles. The van der Waals surface area contributed by atoms with Crippen LogP contribution >= 0.6 is 27.5 Å². The number of nitrogens with one attached hydrogen (secondary N) is 1. The fraction of sp³-hybridized carbons (Fsp3) is 0.125. The van der Waals surface area contributed by atoms with Gasteiger partial charge in [0, 0.05) is 10.0 Å². The molecule has 0 aliphatic heterocycles. The quantitative estimate of drug-likeness (QED) is 0.779. The average Bonchev–Trinajstić information content (AvgIpc) is 2.52. The smallest absolute Gasteiger partial charge is 0.325 e. The molecule has 1 N–H and O–H groups in total. The van der Waals surface area contributed by atoms with Gasteiger partial charge in [-0.25, -0.2) is 4.39 Å². The van der Waals surface area contributed by atoms with Crippen molar-refractivity contribution in [3.05, 3.63) is 68.9 Å². The molecular formula is C16H12BrClFNO3. The van der Waals surface area contributed by atoms with E-state index in [0.29, 0.717) is 10.0 Å². The van der Waals surface area contributed by atoms with E-state index in [0.717, 1.165) is 0 Å². The first kappa shape index (κ1) is 17.4. The van der Waals surface area contributed by atoms with Crippen LogP contribution in [0, 0.1) is 5.82 Å². The molecule has 0 atom stereocenters. The first-order chi connectivity index (χ1) is 11.0. The highest BCUT2D eigenvalue weighted by Gasteiger charge is 2.13. The van der Waals surface area contributed by atoms with Crippen molar-refractivity contribution in [3.8, 4) is 0 Å². The number of amides is 1. The number of rotatable bonds is 5. The highest BCUT2D eigenvalue weighted by molar-refractivity contribution is 9.10. The molecule has 2 rings (SSSR count). The van der Waals surface area contributed by atoms with Crippen LogP contribution in [0.2, 0.25) is 5.02 Å². The number of carbonyl (C=O) groups is 2. The Hall–Kier alpha value is -1.92. The summed E-state index contributed by atoms with van der Waals surface area (Å²) in [6, 6.07) is 11.0. The Balaban J connectivity index is 1.86. The molecule has 0 fully saturated rings. The van der Waals surface area contributed by atoms with Gasteiger partial charge in [0.15, 0.2) is 0 Å². The molecule has 2 aromatic carbocycles. The average molecular weight is 401 g/mol. The lowest BCUT2D eigenvalue weighted by atomic mass is 10.2. The van der Waals surface area contributed by atoms with Crippen molar-refractivity contribution >= 4 is 39.4 Å². The molecule has 0 radical (unpaired) electrons. The molecular weight excluding hydrogens is 389 g/mol. The van der Waals surface area contributed by atoms with Crippen LogP contribution < -0.4 is 5.32 Å². The van der Waals surface area contributed by atoms with Crippen molar-refractivity contribution < 1.29 is 18.7 Å². The molecule has 120 valence electrons. The van der Waals surface area contributed by atoms with Gasteiger partial charge in [-0.2, -0.15) is 0 Å². The Morgan fingerprint density at radius 2 is 1.91 bits per heavy atom. The Kier molecular flexibility index (Phi) is 6.12. The van der Waals surface area contributed by atoms with E-state index < -0.39 is 17.7 Å². The number of carbonyl (C=O) groups excluding carboxylic acids is 2. The first-order valence-electron chi connectivity index (χ1n) is 6.60. The number of ether oxygens (including phenoxy) is 1. The van der Waals surface area contributed by atoms with Gasteiger partial charge in [-0.3, -0.25) is 9.59 Å². The van der Waals surface area contributed by atoms with Gasteiger partial charge in [-0.15, -0.1) is 0 Å². The molecule has 0 bridgehead atoms. The number of halogens is 3. The van der Waals surface area contributed by atoms with Crippen molar-refractivity contribution in [2.45, 2.75) is 6.61 Å². The largest absolute Gasteiger partial charge is 0.459 e. The highest BCUT2D eigenvalue weighted by Crippen LogP contribution is 2.19. The van der Waals surface area contributed by atoms with Gasteiger partial charge in [0.25, 0.3) is 5.91 Å². The first-order valence-corrected chi connectivity index (χ1v) is 7.77. The lowest BCUT2D eigenvalue weighted by Gasteiger charge is -2.09. The van der Waals surface area contributed by atoms with Crippen molar-refractivity contribution in [1.82, 2.24) is 5.32 Å². The van der Waals surface area contributed by atoms with E-state index in [1.807, 2.05) is 0 Å². The Bertz CT molecular complexity index is 719. The Morgan fingerprint density at radius 1 is 1.17 bits per heavy atom. The van der Waals surface area contributed by atoms with Crippen molar-refractivity contribution in [2.75, 3.05) is 6.54 Å². The maximum Gasteiger partial charge on any atom is 0.325 e. The fourth-order valence-electron chi connectivity index (χ4n) is 1.77. The number of hydrogen-bond acceptors (Lipinski definition) is 3. The monoisotopic (exact) mass is 399 g/mol. The molecule has 23 heavy (non-hydrogen) atoms. The van der Waals surface area contributed by atoms with Crippen LogP contribution in [0.15, 0.2) is 46.9 Å². The summed E-state index contributed by atoms with van der Waals surface area (Å²) in [6.45, 7) is -0.624. The zero-order valence-electron chi connectivity index (χ0n) is 11.8. The van der Waals surface area contributed by atoms with E-state index in [-0.39, 0.29) is 23.7 Å². The van der Waals surface area contributed by atoms with E-state index in [9.17, 15) is 14.0 Å². The minimum Gasteiger partial charge on any atom is -0.459 e. The number of hydrogen-bond donors (Lipinski definition) is 1. The van der Waals surface area contributed by atoms with Crippen LogP contribution in [0.5, 0.6) is 0 Å². The van der Waals surface area contributed by atoms with Crippen LogP contribution in [0.25, 0.3) is 0 Å². The fourth-order valence-corrected chi connectivity index (χ4v) is 2.45. The molecule has 0 saturated carbocycles. The van der Waals surface area contributed by atoms with Crippen LogP contribution in [0.3, 0.4) is 0 Å². The van der Waals surface area contributed by atoms with Crippen molar-refractivity contribution in [1.29, 1.82) is 0 Å². The SMILES string of the molecule is O=C(CNC(=O)c1ccccc1Br)OCc1c(F)cccc1Cl. The molecule has 0 unspecified atom stereocenters. The number of benzene rings is 2. The van der Waals surface area contributed by atoms with Gasteiger partial charge in [-0.05, 0) is 40.2 Å². The minimum atomic E-state index is -0.690. The summed E-state index contributed by atoms with van der Waals surface area (Å²) in [7, 11) is 0. The maximum atomic E-state index is 13.5. The number of esters is 1. The summed E-state index contributed by atoms with van der Waals surface area (Å²) in [6.07, 6.45) is 0. The summed E-state index contributed by atoms with van der Waals surface area (Å²) in [5, 5.41) is 2.61. The lowest BCUT2D eigenvalue weighted by molar-refractivity contribution is -0.143. The van der Waals surface area contributed by atoms with Crippen molar-refractivity contribution in [2.24, 2.45) is 0 Å². The Labute approximate surface area is 145 Å². The summed E-state index contributed by atoms with van der Waals surface area (Å²) < 4.78 is 19.1. The second kappa shape index (κ2) is 8.08. The summed E-state index contributed by atoms with van der Waals surface area (Å²) in [5.74, 6) is -1.66. The molecule has 4 nitrogen and oxygen atoms in total. The Morgan fingerprint density at radius 3 is 2.61 bits per heavy atom. The van der Waals surface area contributed by atoms with Crippen LogP contribution in [0.1, 0.15) is 15.9 Å². The molecule has 1 amide bonds. The van der Waals surface area contributed by atoms with Gasteiger partial charge >= 0.3 is 5.97 Å². The summed E-state index contributed by atoms with van der Waals surface area (Å²) in [4.78, 5) is 23.6. The zero-order chi connectivity index (χ0) is 16.8. The van der Waals surface area contributed by atoms with E-state index in [1.165, 1.54) is 18.2 Å². The van der Waals surface area contributed by atoms with E-state index in [4.69, 9.17) is 16.3 Å².